The number of pyridine rings is 1. The molecule has 5 nitrogen and oxygen atoms in total. The topological polar surface area (TPSA) is 60.6 Å². The highest BCUT2D eigenvalue weighted by Crippen LogP contribution is 2.34. The van der Waals surface area contributed by atoms with E-state index >= 15 is 0 Å². The highest BCUT2D eigenvalue weighted by atomic mass is 32.1. The Labute approximate surface area is 187 Å². The number of thiocarbonyl (C=S) groups is 1. The number of nitrogens with two attached hydrogens (primary N) is 1. The Balaban J connectivity index is 1.48. The average Bonchev–Trinajstić information content (AvgIpc) is 3.29. The third-order valence-corrected chi connectivity index (χ3v) is 6.46. The molecule has 0 aliphatic carbocycles. The van der Waals surface area contributed by atoms with Gasteiger partial charge in [0.2, 0.25) is 0 Å². The van der Waals surface area contributed by atoms with Crippen LogP contribution in [0.3, 0.4) is 0 Å². The fourth-order valence-corrected chi connectivity index (χ4v) is 4.63. The van der Waals surface area contributed by atoms with Gasteiger partial charge in [0.25, 0.3) is 0 Å². The van der Waals surface area contributed by atoms with Crippen LogP contribution in [0.2, 0.25) is 0 Å². The number of fused-ring (bicyclic) bond motifs is 3. The zero-order valence-electron chi connectivity index (χ0n) is 17.0. The van der Waals surface area contributed by atoms with Crippen molar-refractivity contribution < 1.29 is 22.6 Å². The number of halogens is 3. The van der Waals surface area contributed by atoms with Crippen LogP contribution in [0.1, 0.15) is 33.9 Å². The number of alkyl halides is 3. The molecule has 2 aromatic carbocycles. The second-order valence-electron chi connectivity index (χ2n) is 7.89. The molecule has 1 aromatic heterocycles. The summed E-state index contributed by atoms with van der Waals surface area (Å²) in [6.45, 7) is 2.30. The molecular weight excluding hydrogens is 439 g/mol. The van der Waals surface area contributed by atoms with E-state index in [2.05, 4.69) is 4.98 Å². The monoisotopic (exact) mass is 459 g/mol. The van der Waals surface area contributed by atoms with Gasteiger partial charge in [-0.1, -0.05) is 24.4 Å². The first-order valence-electron chi connectivity index (χ1n) is 10.2. The van der Waals surface area contributed by atoms with Crippen molar-refractivity contribution in [1.29, 1.82) is 0 Å². The van der Waals surface area contributed by atoms with Crippen LogP contribution < -0.4 is 5.73 Å². The van der Waals surface area contributed by atoms with Crippen LogP contribution >= 0.6 is 12.2 Å². The molecule has 0 bridgehead atoms. The summed E-state index contributed by atoms with van der Waals surface area (Å²) < 4.78 is 50.1. The van der Waals surface area contributed by atoms with E-state index in [0.29, 0.717) is 43.8 Å². The quantitative estimate of drug-likeness (QED) is 0.565. The van der Waals surface area contributed by atoms with Crippen LogP contribution in [-0.4, -0.2) is 34.6 Å². The van der Waals surface area contributed by atoms with Crippen LogP contribution in [-0.2, 0) is 28.9 Å². The van der Waals surface area contributed by atoms with Crippen molar-refractivity contribution in [2.75, 3.05) is 25.5 Å². The highest BCUT2D eigenvalue weighted by molar-refractivity contribution is 7.80. The maximum Gasteiger partial charge on any atom is 0.416 e. The molecule has 2 aliphatic rings. The Morgan fingerprint density at radius 2 is 1.81 bits per heavy atom. The van der Waals surface area contributed by atoms with Gasteiger partial charge in [-0.05, 0) is 41.5 Å². The Morgan fingerprint density at radius 1 is 1.06 bits per heavy atom. The van der Waals surface area contributed by atoms with Gasteiger partial charge in [-0.2, -0.15) is 13.2 Å². The van der Waals surface area contributed by atoms with E-state index in [4.69, 9.17) is 27.4 Å². The molecule has 32 heavy (non-hydrogen) atoms. The number of ether oxygens (including phenoxy) is 2. The van der Waals surface area contributed by atoms with Crippen molar-refractivity contribution in [1.82, 2.24) is 9.88 Å². The van der Waals surface area contributed by atoms with Crippen molar-refractivity contribution in [2.45, 2.75) is 25.4 Å². The Morgan fingerprint density at radius 3 is 2.56 bits per heavy atom. The smallest absolute Gasteiger partial charge is 0.383 e. The van der Waals surface area contributed by atoms with E-state index in [-0.39, 0.29) is 6.04 Å². The summed E-state index contributed by atoms with van der Waals surface area (Å²) >= 11 is 5.83. The minimum Gasteiger partial charge on any atom is -0.383 e. The number of nitrogens with zero attached hydrogens (tertiary/aromatic N) is 2. The van der Waals surface area contributed by atoms with Crippen molar-refractivity contribution in [3.8, 4) is 0 Å². The third kappa shape index (κ3) is 3.70. The van der Waals surface area contributed by atoms with Crippen LogP contribution in [0, 0.1) is 0 Å². The van der Waals surface area contributed by atoms with Crippen LogP contribution in [0.25, 0.3) is 10.9 Å². The predicted molar refractivity (Wildman–Crippen MR) is 118 cm³/mol. The summed E-state index contributed by atoms with van der Waals surface area (Å²) in [4.78, 5) is 7.11. The normalized spacial score (nSPS) is 18.7. The minimum atomic E-state index is -4.37. The number of hydrogen-bond donors (Lipinski definition) is 1. The first kappa shape index (κ1) is 21.1. The fraction of sp³-hybridized carbons (Fsp3) is 0.304. The molecule has 1 atom stereocenters. The van der Waals surface area contributed by atoms with E-state index in [1.807, 2.05) is 23.1 Å². The summed E-state index contributed by atoms with van der Waals surface area (Å²) in [6, 6.07) is 10.7. The zero-order chi connectivity index (χ0) is 22.5. The minimum absolute atomic E-state index is 0.271. The van der Waals surface area contributed by atoms with Crippen LogP contribution in [0.4, 0.5) is 19.0 Å². The second-order valence-corrected chi connectivity index (χ2v) is 8.27. The SMILES string of the molecule is Nc1nc2ccc(C(=S)N3CCOC[C@@H]3c3ccc(C(F)(F)F)cc3)cc2c2c1COC2. The van der Waals surface area contributed by atoms with Crippen molar-refractivity contribution >= 4 is 33.9 Å². The van der Waals surface area contributed by atoms with Crippen molar-refractivity contribution in [3.05, 3.63) is 70.3 Å². The third-order valence-electron chi connectivity index (χ3n) is 5.99. The molecule has 5 rings (SSSR count). The molecule has 166 valence electrons. The first-order chi connectivity index (χ1) is 15.3. The average molecular weight is 459 g/mol. The predicted octanol–water partition coefficient (Wildman–Crippen LogP) is 4.62. The van der Waals surface area contributed by atoms with Gasteiger partial charge < -0.3 is 20.1 Å². The molecule has 0 radical (unpaired) electrons. The molecule has 3 heterocycles. The number of rotatable bonds is 2. The molecule has 9 heteroatoms. The van der Waals surface area contributed by atoms with Crippen molar-refractivity contribution in [3.63, 3.8) is 0 Å². The van der Waals surface area contributed by atoms with Gasteiger partial charge in [0.1, 0.15) is 10.8 Å². The van der Waals surface area contributed by atoms with E-state index < -0.39 is 11.7 Å². The van der Waals surface area contributed by atoms with Gasteiger partial charge >= 0.3 is 6.18 Å². The van der Waals surface area contributed by atoms with Crippen molar-refractivity contribution in [2.24, 2.45) is 0 Å². The molecule has 2 N–H and O–H groups in total. The lowest BCUT2D eigenvalue weighted by atomic mass is 10.00. The lowest BCUT2D eigenvalue weighted by Crippen LogP contribution is -2.43. The first-order valence-corrected chi connectivity index (χ1v) is 10.6. The molecule has 0 amide bonds. The maximum absolute atomic E-state index is 13.0. The van der Waals surface area contributed by atoms with Gasteiger partial charge in [0.15, 0.2) is 0 Å². The lowest BCUT2D eigenvalue weighted by Gasteiger charge is -2.38. The van der Waals surface area contributed by atoms with E-state index in [1.54, 1.807) is 0 Å². The van der Waals surface area contributed by atoms with E-state index in [0.717, 1.165) is 45.3 Å². The number of aromatic nitrogens is 1. The summed E-state index contributed by atoms with van der Waals surface area (Å²) in [5.74, 6) is 0.482. The van der Waals surface area contributed by atoms with Crippen LogP contribution in [0.5, 0.6) is 0 Å². The van der Waals surface area contributed by atoms with E-state index in [9.17, 15) is 13.2 Å². The summed E-state index contributed by atoms with van der Waals surface area (Å²) in [7, 11) is 0. The maximum atomic E-state index is 13.0. The van der Waals surface area contributed by atoms with Gasteiger partial charge in [-0.15, -0.1) is 0 Å². The van der Waals surface area contributed by atoms with Gasteiger partial charge in [0.05, 0.1) is 43.5 Å². The molecule has 1 saturated heterocycles. The largest absolute Gasteiger partial charge is 0.416 e. The zero-order valence-corrected chi connectivity index (χ0v) is 17.8. The fourth-order valence-electron chi connectivity index (χ4n) is 4.29. The molecule has 0 unspecified atom stereocenters. The summed E-state index contributed by atoms with van der Waals surface area (Å²) in [5, 5.41) is 0.950. The molecule has 3 aromatic rings. The number of anilines is 1. The van der Waals surface area contributed by atoms with Gasteiger partial charge in [-0.25, -0.2) is 4.98 Å². The molecule has 0 spiro atoms. The van der Waals surface area contributed by atoms with Crippen LogP contribution in [0.15, 0.2) is 42.5 Å². The van der Waals surface area contributed by atoms with E-state index in [1.165, 1.54) is 12.1 Å². The Bertz CT molecular complexity index is 1200. The molecule has 2 aliphatic heterocycles. The number of hydrogen-bond acceptors (Lipinski definition) is 5. The van der Waals surface area contributed by atoms with Gasteiger partial charge in [-0.3, -0.25) is 0 Å². The number of morpholine rings is 1. The lowest BCUT2D eigenvalue weighted by molar-refractivity contribution is -0.137. The molecular formula is C23H20F3N3O2S. The molecule has 0 saturated carbocycles. The van der Waals surface area contributed by atoms with Gasteiger partial charge in [0, 0.05) is 23.1 Å². The Kier molecular flexibility index (Phi) is 5.27. The Hall–Kier alpha value is -2.75. The summed E-state index contributed by atoms with van der Waals surface area (Å²) in [5.41, 5.74) is 9.67. The summed E-state index contributed by atoms with van der Waals surface area (Å²) in [6.07, 6.45) is -4.37. The standard InChI is InChI=1S/C23H20F3N3O2S/c24-23(25,26)15-4-1-13(2-5-15)20-12-30-8-7-29(20)22(32)14-3-6-19-16(9-14)17-10-31-11-18(17)21(27)28-19/h1-6,9,20H,7-8,10-12H2,(H2,27,28)/t20-/m1/s1. The number of nitrogen functional groups attached to an aromatic ring is 1. The molecule has 1 fully saturated rings. The second kappa shape index (κ2) is 7.99. The highest BCUT2D eigenvalue weighted by Gasteiger charge is 2.32. The number of benzene rings is 2.